The Bertz CT molecular complexity index is 367. The molecule has 18 heavy (non-hydrogen) atoms. The van der Waals surface area contributed by atoms with Crippen molar-refractivity contribution in [2.24, 2.45) is 5.92 Å². The van der Waals surface area contributed by atoms with E-state index in [0.29, 0.717) is 24.2 Å². The molecule has 0 amide bonds. The SMILES string of the molecule is CCc1nnc(CN(C)CC2CCCCC2O)o1. The van der Waals surface area contributed by atoms with Gasteiger partial charge in [-0.1, -0.05) is 19.8 Å². The van der Waals surface area contributed by atoms with Gasteiger partial charge in [0.1, 0.15) is 0 Å². The summed E-state index contributed by atoms with van der Waals surface area (Å²) in [4.78, 5) is 2.16. The van der Waals surface area contributed by atoms with Crippen LogP contribution in [0.2, 0.25) is 0 Å². The fourth-order valence-electron chi connectivity index (χ4n) is 2.59. The first kappa shape index (κ1) is 13.5. The Morgan fingerprint density at radius 3 is 2.67 bits per heavy atom. The monoisotopic (exact) mass is 253 g/mol. The molecule has 1 saturated carbocycles. The molecule has 102 valence electrons. The van der Waals surface area contributed by atoms with Crippen molar-refractivity contribution in [2.45, 2.75) is 51.7 Å². The molecule has 1 N–H and O–H groups in total. The molecule has 1 fully saturated rings. The summed E-state index contributed by atoms with van der Waals surface area (Å²) in [5.74, 6) is 1.74. The summed E-state index contributed by atoms with van der Waals surface area (Å²) in [5.41, 5.74) is 0. The van der Waals surface area contributed by atoms with Crippen LogP contribution in [0.25, 0.3) is 0 Å². The zero-order valence-electron chi connectivity index (χ0n) is 11.3. The van der Waals surface area contributed by atoms with Crippen molar-refractivity contribution in [1.82, 2.24) is 15.1 Å². The molecular weight excluding hydrogens is 230 g/mol. The third kappa shape index (κ3) is 3.53. The molecule has 2 unspecified atom stereocenters. The molecule has 0 radical (unpaired) electrons. The normalized spacial score (nSPS) is 24.7. The van der Waals surface area contributed by atoms with Crippen molar-refractivity contribution in [3.05, 3.63) is 11.8 Å². The quantitative estimate of drug-likeness (QED) is 0.864. The van der Waals surface area contributed by atoms with Crippen LogP contribution >= 0.6 is 0 Å². The standard InChI is InChI=1S/C13H23N3O2/c1-3-12-14-15-13(18-12)9-16(2)8-10-6-4-5-7-11(10)17/h10-11,17H,3-9H2,1-2H3. The van der Waals surface area contributed by atoms with Gasteiger partial charge in [0, 0.05) is 13.0 Å². The number of aliphatic hydroxyl groups is 1. The zero-order valence-corrected chi connectivity index (χ0v) is 11.3. The highest BCUT2D eigenvalue weighted by atomic mass is 16.4. The minimum atomic E-state index is -0.143. The van der Waals surface area contributed by atoms with Crippen LogP contribution in [0.15, 0.2) is 4.42 Å². The first-order chi connectivity index (χ1) is 8.69. The second kappa shape index (κ2) is 6.29. The number of hydrogen-bond donors (Lipinski definition) is 1. The van der Waals surface area contributed by atoms with Gasteiger partial charge in [-0.25, -0.2) is 0 Å². The van der Waals surface area contributed by atoms with Gasteiger partial charge in [0.2, 0.25) is 11.8 Å². The van der Waals surface area contributed by atoms with Crippen LogP contribution in [0.3, 0.4) is 0 Å². The van der Waals surface area contributed by atoms with E-state index in [1.54, 1.807) is 0 Å². The van der Waals surface area contributed by atoms with E-state index in [2.05, 4.69) is 15.1 Å². The van der Waals surface area contributed by atoms with Crippen LogP contribution in [0, 0.1) is 5.92 Å². The Labute approximate surface area is 108 Å². The highest BCUT2D eigenvalue weighted by Gasteiger charge is 2.24. The summed E-state index contributed by atoms with van der Waals surface area (Å²) in [6, 6.07) is 0. The van der Waals surface area contributed by atoms with Crippen molar-refractivity contribution in [2.75, 3.05) is 13.6 Å². The maximum absolute atomic E-state index is 9.95. The largest absolute Gasteiger partial charge is 0.424 e. The molecule has 1 aliphatic carbocycles. The number of hydrogen-bond acceptors (Lipinski definition) is 5. The van der Waals surface area contributed by atoms with E-state index in [0.717, 1.165) is 32.2 Å². The van der Waals surface area contributed by atoms with E-state index < -0.39 is 0 Å². The average Bonchev–Trinajstić information content (AvgIpc) is 2.80. The molecule has 0 aromatic carbocycles. The van der Waals surface area contributed by atoms with Gasteiger partial charge in [-0.2, -0.15) is 0 Å². The summed E-state index contributed by atoms with van der Waals surface area (Å²) in [6.45, 7) is 3.56. The van der Waals surface area contributed by atoms with E-state index in [1.807, 2.05) is 14.0 Å². The first-order valence-electron chi connectivity index (χ1n) is 6.87. The van der Waals surface area contributed by atoms with Gasteiger partial charge in [0.05, 0.1) is 12.6 Å². The topological polar surface area (TPSA) is 62.4 Å². The molecule has 1 aromatic rings. The van der Waals surface area contributed by atoms with Crippen LogP contribution in [-0.2, 0) is 13.0 Å². The summed E-state index contributed by atoms with van der Waals surface area (Å²) in [7, 11) is 2.04. The van der Waals surface area contributed by atoms with E-state index >= 15 is 0 Å². The van der Waals surface area contributed by atoms with Gasteiger partial charge >= 0.3 is 0 Å². The lowest BCUT2D eigenvalue weighted by Crippen LogP contribution is -2.34. The highest BCUT2D eigenvalue weighted by molar-refractivity contribution is 4.82. The minimum absolute atomic E-state index is 0.143. The predicted octanol–water partition coefficient (Wildman–Crippen LogP) is 1.61. The van der Waals surface area contributed by atoms with Gasteiger partial charge in [-0.05, 0) is 25.8 Å². The zero-order chi connectivity index (χ0) is 13.0. The number of aromatic nitrogens is 2. The van der Waals surface area contributed by atoms with Crippen molar-refractivity contribution in [3.63, 3.8) is 0 Å². The van der Waals surface area contributed by atoms with Crippen molar-refractivity contribution in [3.8, 4) is 0 Å². The molecule has 5 heteroatoms. The fraction of sp³-hybridized carbons (Fsp3) is 0.846. The highest BCUT2D eigenvalue weighted by Crippen LogP contribution is 2.25. The molecule has 1 heterocycles. The molecule has 2 atom stereocenters. The van der Waals surface area contributed by atoms with Gasteiger partial charge in [0.25, 0.3) is 0 Å². The maximum atomic E-state index is 9.95. The van der Waals surface area contributed by atoms with E-state index in [-0.39, 0.29) is 6.10 Å². The minimum Gasteiger partial charge on any atom is -0.424 e. The van der Waals surface area contributed by atoms with E-state index in [4.69, 9.17) is 4.42 Å². The molecule has 2 rings (SSSR count). The molecule has 0 spiro atoms. The third-order valence-corrected chi connectivity index (χ3v) is 3.63. The first-order valence-corrected chi connectivity index (χ1v) is 6.87. The molecule has 1 aliphatic rings. The van der Waals surface area contributed by atoms with E-state index in [1.165, 1.54) is 6.42 Å². The smallest absolute Gasteiger partial charge is 0.230 e. The summed E-state index contributed by atoms with van der Waals surface area (Å²) < 4.78 is 5.49. The van der Waals surface area contributed by atoms with Crippen LogP contribution in [0.1, 0.15) is 44.4 Å². The summed E-state index contributed by atoms with van der Waals surface area (Å²) in [5, 5.41) is 17.9. The fourth-order valence-corrected chi connectivity index (χ4v) is 2.59. The van der Waals surface area contributed by atoms with Gasteiger partial charge in [-0.3, -0.25) is 4.90 Å². The summed E-state index contributed by atoms with van der Waals surface area (Å²) >= 11 is 0. The number of aryl methyl sites for hydroxylation is 1. The average molecular weight is 253 g/mol. The van der Waals surface area contributed by atoms with Crippen LogP contribution in [0.5, 0.6) is 0 Å². The van der Waals surface area contributed by atoms with Crippen LogP contribution in [0.4, 0.5) is 0 Å². The van der Waals surface area contributed by atoms with E-state index in [9.17, 15) is 5.11 Å². The van der Waals surface area contributed by atoms with Crippen molar-refractivity contribution in [1.29, 1.82) is 0 Å². The lowest BCUT2D eigenvalue weighted by molar-refractivity contribution is 0.0487. The van der Waals surface area contributed by atoms with Crippen LogP contribution < -0.4 is 0 Å². The molecule has 0 aliphatic heterocycles. The number of aliphatic hydroxyl groups excluding tert-OH is 1. The molecule has 1 aromatic heterocycles. The lowest BCUT2D eigenvalue weighted by Gasteiger charge is -2.30. The van der Waals surface area contributed by atoms with Crippen molar-refractivity contribution < 1.29 is 9.52 Å². The molecule has 0 saturated heterocycles. The molecular formula is C13H23N3O2. The number of nitrogens with zero attached hydrogens (tertiary/aromatic N) is 3. The Kier molecular flexibility index (Phi) is 4.72. The maximum Gasteiger partial charge on any atom is 0.230 e. The number of rotatable bonds is 5. The Hall–Kier alpha value is -0.940. The Morgan fingerprint density at radius 2 is 2.00 bits per heavy atom. The second-order valence-electron chi connectivity index (χ2n) is 5.25. The Balaban J connectivity index is 1.82. The van der Waals surface area contributed by atoms with Gasteiger partial charge in [0.15, 0.2) is 0 Å². The summed E-state index contributed by atoms with van der Waals surface area (Å²) in [6.07, 6.45) is 5.09. The predicted molar refractivity (Wildman–Crippen MR) is 68.0 cm³/mol. The van der Waals surface area contributed by atoms with Crippen molar-refractivity contribution >= 4 is 0 Å². The Morgan fingerprint density at radius 1 is 1.28 bits per heavy atom. The van der Waals surface area contributed by atoms with Gasteiger partial charge in [-0.15, -0.1) is 10.2 Å². The molecule has 0 bridgehead atoms. The third-order valence-electron chi connectivity index (χ3n) is 3.63. The lowest BCUT2D eigenvalue weighted by atomic mass is 9.86. The van der Waals surface area contributed by atoms with Gasteiger partial charge < -0.3 is 9.52 Å². The molecule has 5 nitrogen and oxygen atoms in total. The second-order valence-corrected chi connectivity index (χ2v) is 5.25. The van der Waals surface area contributed by atoms with Crippen LogP contribution in [-0.4, -0.2) is 39.9 Å².